The van der Waals surface area contributed by atoms with Gasteiger partial charge in [0.1, 0.15) is 5.60 Å². The number of carbonyl (C=O) groups excluding carboxylic acids is 1. The van der Waals surface area contributed by atoms with Gasteiger partial charge in [0, 0.05) is 10.9 Å². The van der Waals surface area contributed by atoms with Crippen molar-refractivity contribution in [1.82, 2.24) is 4.90 Å². The summed E-state index contributed by atoms with van der Waals surface area (Å²) in [6, 6.07) is 4.35. The number of nitrogens with zero attached hydrogens (tertiary/aromatic N) is 1. The molecule has 1 amide bonds. The highest BCUT2D eigenvalue weighted by molar-refractivity contribution is 7.09. The van der Waals surface area contributed by atoms with Gasteiger partial charge in [-0.15, -0.1) is 11.3 Å². The highest BCUT2D eigenvalue weighted by Gasteiger charge is 2.38. The monoisotopic (exact) mass is 239 g/mol. The molecule has 0 atom stereocenters. The Morgan fingerprint density at radius 3 is 2.75 bits per heavy atom. The summed E-state index contributed by atoms with van der Waals surface area (Å²) in [5.41, 5.74) is -1.26. The van der Waals surface area contributed by atoms with Crippen LogP contribution in [0.15, 0.2) is 17.5 Å². The molecule has 3 nitrogen and oxygen atoms in total. The zero-order valence-electron chi connectivity index (χ0n) is 9.64. The van der Waals surface area contributed by atoms with E-state index < -0.39 is 5.60 Å². The van der Waals surface area contributed by atoms with Crippen LogP contribution in [0.25, 0.3) is 0 Å². The molecule has 2 rings (SSSR count). The standard InChI is InChI=1S/C12H17NO2S/c1-12(2,15)11(14)13(9-5-6-9)8-10-4-3-7-16-10/h3-4,7,9,15H,5-6,8H2,1-2H3. The predicted octanol–water partition coefficient (Wildman–Crippen LogP) is 2.01. The molecule has 0 radical (unpaired) electrons. The van der Waals surface area contributed by atoms with E-state index in [1.807, 2.05) is 22.4 Å². The Bertz CT molecular complexity index is 363. The van der Waals surface area contributed by atoms with Crippen molar-refractivity contribution in [2.24, 2.45) is 0 Å². The molecule has 1 aliphatic rings. The molecule has 1 aliphatic carbocycles. The second kappa shape index (κ2) is 4.18. The van der Waals surface area contributed by atoms with Gasteiger partial charge in [0.2, 0.25) is 0 Å². The smallest absolute Gasteiger partial charge is 0.254 e. The Labute approximate surface area is 99.7 Å². The lowest BCUT2D eigenvalue weighted by Crippen LogP contribution is -2.45. The molecule has 4 heteroatoms. The lowest BCUT2D eigenvalue weighted by Gasteiger charge is -2.28. The highest BCUT2D eigenvalue weighted by atomic mass is 32.1. The first-order valence-electron chi connectivity index (χ1n) is 5.54. The van der Waals surface area contributed by atoms with E-state index in [0.717, 1.165) is 12.8 Å². The number of thiophene rings is 1. The van der Waals surface area contributed by atoms with Gasteiger partial charge in [-0.2, -0.15) is 0 Å². The summed E-state index contributed by atoms with van der Waals surface area (Å²) < 4.78 is 0. The van der Waals surface area contributed by atoms with Crippen LogP contribution < -0.4 is 0 Å². The molecule has 1 heterocycles. The molecule has 1 aromatic heterocycles. The Kier molecular flexibility index (Phi) is 3.04. The molecule has 0 spiro atoms. The second-order valence-electron chi connectivity index (χ2n) is 4.80. The van der Waals surface area contributed by atoms with Crippen molar-refractivity contribution in [3.63, 3.8) is 0 Å². The van der Waals surface area contributed by atoms with Crippen molar-refractivity contribution in [3.05, 3.63) is 22.4 Å². The molecule has 1 fully saturated rings. The van der Waals surface area contributed by atoms with Crippen molar-refractivity contribution >= 4 is 17.2 Å². The second-order valence-corrected chi connectivity index (χ2v) is 5.83. The fraction of sp³-hybridized carbons (Fsp3) is 0.583. The van der Waals surface area contributed by atoms with Gasteiger partial charge < -0.3 is 10.0 Å². The molecule has 0 aromatic carbocycles. The van der Waals surface area contributed by atoms with E-state index in [1.54, 1.807) is 25.2 Å². The van der Waals surface area contributed by atoms with Crippen LogP contribution in [0.4, 0.5) is 0 Å². The SMILES string of the molecule is CC(C)(O)C(=O)N(Cc1cccs1)C1CC1. The van der Waals surface area contributed by atoms with Gasteiger partial charge in [0.25, 0.3) is 5.91 Å². The Balaban J connectivity index is 2.09. The molecule has 0 saturated heterocycles. The van der Waals surface area contributed by atoms with Gasteiger partial charge in [-0.3, -0.25) is 4.79 Å². The number of amides is 1. The maximum Gasteiger partial charge on any atom is 0.254 e. The summed E-state index contributed by atoms with van der Waals surface area (Å²) in [5, 5.41) is 11.8. The van der Waals surface area contributed by atoms with Crippen molar-refractivity contribution in [1.29, 1.82) is 0 Å². The van der Waals surface area contributed by atoms with Crippen LogP contribution in [0.1, 0.15) is 31.6 Å². The van der Waals surface area contributed by atoms with E-state index in [4.69, 9.17) is 0 Å². The summed E-state index contributed by atoms with van der Waals surface area (Å²) in [5.74, 6) is -0.164. The summed E-state index contributed by atoms with van der Waals surface area (Å²) in [6.45, 7) is 3.74. The maximum atomic E-state index is 12.1. The lowest BCUT2D eigenvalue weighted by molar-refractivity contribution is -0.149. The maximum absolute atomic E-state index is 12.1. The minimum atomic E-state index is -1.26. The Hall–Kier alpha value is -0.870. The third-order valence-electron chi connectivity index (χ3n) is 2.68. The molecule has 88 valence electrons. The fourth-order valence-electron chi connectivity index (χ4n) is 1.67. The van der Waals surface area contributed by atoms with E-state index in [0.29, 0.717) is 12.6 Å². The van der Waals surface area contributed by atoms with E-state index in [2.05, 4.69) is 0 Å². The lowest BCUT2D eigenvalue weighted by atomic mass is 10.1. The fourth-order valence-corrected chi connectivity index (χ4v) is 2.38. The average molecular weight is 239 g/mol. The summed E-state index contributed by atoms with van der Waals surface area (Å²) in [7, 11) is 0. The van der Waals surface area contributed by atoms with Crippen LogP contribution in [0.3, 0.4) is 0 Å². The minimum Gasteiger partial charge on any atom is -0.381 e. The minimum absolute atomic E-state index is 0.164. The van der Waals surface area contributed by atoms with E-state index in [9.17, 15) is 9.90 Å². The normalized spacial score (nSPS) is 16.2. The molecular formula is C12H17NO2S. The zero-order chi connectivity index (χ0) is 11.8. The van der Waals surface area contributed by atoms with Gasteiger partial charge in [0.05, 0.1) is 6.54 Å². The first kappa shape index (κ1) is 11.6. The summed E-state index contributed by atoms with van der Waals surface area (Å²) >= 11 is 1.65. The molecule has 0 unspecified atom stereocenters. The van der Waals surface area contributed by atoms with Gasteiger partial charge in [-0.05, 0) is 38.1 Å². The summed E-state index contributed by atoms with van der Waals surface area (Å²) in [4.78, 5) is 15.0. The van der Waals surface area contributed by atoms with Crippen LogP contribution >= 0.6 is 11.3 Å². The number of rotatable bonds is 4. The van der Waals surface area contributed by atoms with Gasteiger partial charge in [-0.25, -0.2) is 0 Å². The quantitative estimate of drug-likeness (QED) is 0.873. The third kappa shape index (κ3) is 2.62. The van der Waals surface area contributed by atoms with Crippen molar-refractivity contribution in [3.8, 4) is 0 Å². The van der Waals surface area contributed by atoms with Crippen LogP contribution in [0.2, 0.25) is 0 Å². The number of hydrogen-bond acceptors (Lipinski definition) is 3. The van der Waals surface area contributed by atoms with E-state index in [1.165, 1.54) is 4.88 Å². The van der Waals surface area contributed by atoms with Gasteiger partial charge in [0.15, 0.2) is 0 Å². The first-order valence-corrected chi connectivity index (χ1v) is 6.42. The molecule has 0 aliphatic heterocycles. The number of hydrogen-bond donors (Lipinski definition) is 1. The van der Waals surface area contributed by atoms with Gasteiger partial charge >= 0.3 is 0 Å². The Morgan fingerprint density at radius 1 is 1.62 bits per heavy atom. The molecular weight excluding hydrogens is 222 g/mol. The van der Waals surface area contributed by atoms with E-state index in [-0.39, 0.29) is 5.91 Å². The van der Waals surface area contributed by atoms with Crippen LogP contribution in [0, 0.1) is 0 Å². The Morgan fingerprint density at radius 2 is 2.31 bits per heavy atom. The predicted molar refractivity (Wildman–Crippen MR) is 64.2 cm³/mol. The average Bonchev–Trinajstić information content (AvgIpc) is 2.90. The number of aliphatic hydroxyl groups is 1. The topological polar surface area (TPSA) is 40.5 Å². The van der Waals surface area contributed by atoms with Crippen LogP contribution in [0.5, 0.6) is 0 Å². The molecule has 0 bridgehead atoms. The zero-order valence-corrected chi connectivity index (χ0v) is 10.5. The first-order chi connectivity index (χ1) is 7.48. The molecule has 1 aromatic rings. The molecule has 1 saturated carbocycles. The van der Waals surface area contributed by atoms with Gasteiger partial charge in [-0.1, -0.05) is 6.07 Å². The van der Waals surface area contributed by atoms with Crippen molar-refractivity contribution in [2.45, 2.75) is 44.9 Å². The third-order valence-corrected chi connectivity index (χ3v) is 3.54. The largest absolute Gasteiger partial charge is 0.381 e. The highest BCUT2D eigenvalue weighted by Crippen LogP contribution is 2.31. The number of carbonyl (C=O) groups is 1. The summed E-state index contributed by atoms with van der Waals surface area (Å²) in [6.07, 6.45) is 2.13. The van der Waals surface area contributed by atoms with Crippen LogP contribution in [-0.2, 0) is 11.3 Å². The van der Waals surface area contributed by atoms with Crippen LogP contribution in [-0.4, -0.2) is 27.6 Å². The molecule has 16 heavy (non-hydrogen) atoms. The van der Waals surface area contributed by atoms with E-state index >= 15 is 0 Å². The molecule has 1 N–H and O–H groups in total. The van der Waals surface area contributed by atoms with Crippen molar-refractivity contribution in [2.75, 3.05) is 0 Å². The van der Waals surface area contributed by atoms with Crippen molar-refractivity contribution < 1.29 is 9.90 Å².